The van der Waals surface area contributed by atoms with Crippen molar-refractivity contribution in [3.63, 3.8) is 0 Å². The summed E-state index contributed by atoms with van der Waals surface area (Å²) >= 11 is 0. The van der Waals surface area contributed by atoms with Crippen molar-refractivity contribution in [3.05, 3.63) is 29.6 Å². The fourth-order valence-corrected chi connectivity index (χ4v) is 1.72. The van der Waals surface area contributed by atoms with E-state index in [-0.39, 0.29) is 30.2 Å². The quantitative estimate of drug-likeness (QED) is 0.600. The lowest BCUT2D eigenvalue weighted by molar-refractivity contribution is -0.124. The highest BCUT2D eigenvalue weighted by atomic mass is 19.1. The molecule has 1 aromatic rings. The molecule has 1 unspecified atom stereocenters. The molecular weight excluding hydrogens is 269 g/mol. The number of rotatable bonds is 3. The van der Waals surface area contributed by atoms with Crippen molar-refractivity contribution in [1.82, 2.24) is 10.6 Å². The number of anilines is 1. The minimum absolute atomic E-state index is 0.0124. The molecule has 2 amide bonds. The van der Waals surface area contributed by atoms with Crippen LogP contribution in [0.2, 0.25) is 0 Å². The molecule has 2 rings (SSSR count). The van der Waals surface area contributed by atoms with Crippen LogP contribution in [0.4, 0.5) is 10.1 Å². The van der Waals surface area contributed by atoms with Gasteiger partial charge in [-0.05, 0) is 18.2 Å². The van der Waals surface area contributed by atoms with Gasteiger partial charge in [0.15, 0.2) is 0 Å². The summed E-state index contributed by atoms with van der Waals surface area (Å²) in [5.74, 6) is -2.81. The average molecular weight is 281 g/mol. The highest BCUT2D eigenvalue weighted by Crippen LogP contribution is 2.16. The number of carbonyl (C=O) groups is 3. The predicted molar refractivity (Wildman–Crippen MR) is 66.8 cm³/mol. The molecule has 0 aliphatic carbocycles. The molecule has 0 spiro atoms. The molecule has 1 aromatic carbocycles. The molecule has 8 heteroatoms. The van der Waals surface area contributed by atoms with Gasteiger partial charge in [-0.1, -0.05) is 0 Å². The molecule has 4 N–H and O–H groups in total. The van der Waals surface area contributed by atoms with Gasteiger partial charge in [0.25, 0.3) is 0 Å². The standard InChI is InChI=1S/C12H12FN3O4/c13-7-3-6(12(19)20)1-2-8(7)16-11(18)9-4-15-10(17)5-14-9/h1-3,9,14H,4-5H2,(H,15,17)(H,16,18)(H,19,20). The van der Waals surface area contributed by atoms with Crippen molar-refractivity contribution in [2.45, 2.75) is 6.04 Å². The zero-order valence-electron chi connectivity index (χ0n) is 10.3. The van der Waals surface area contributed by atoms with Crippen LogP contribution >= 0.6 is 0 Å². The normalized spacial score (nSPS) is 18.2. The predicted octanol–water partition coefficient (Wildman–Crippen LogP) is -0.450. The Kier molecular flexibility index (Phi) is 3.94. The van der Waals surface area contributed by atoms with Gasteiger partial charge < -0.3 is 15.7 Å². The number of amides is 2. The lowest BCUT2D eigenvalue weighted by Gasteiger charge is -2.23. The Bertz CT molecular complexity index is 566. The maximum absolute atomic E-state index is 13.6. The van der Waals surface area contributed by atoms with E-state index in [2.05, 4.69) is 16.0 Å². The molecule has 20 heavy (non-hydrogen) atoms. The number of hydrogen-bond acceptors (Lipinski definition) is 4. The van der Waals surface area contributed by atoms with Gasteiger partial charge in [-0.15, -0.1) is 0 Å². The molecule has 7 nitrogen and oxygen atoms in total. The fraction of sp³-hybridized carbons (Fsp3) is 0.250. The molecule has 0 aromatic heterocycles. The van der Waals surface area contributed by atoms with E-state index < -0.39 is 23.7 Å². The molecular formula is C12H12FN3O4. The first kappa shape index (κ1) is 13.9. The SMILES string of the molecule is O=C1CNC(C(=O)Nc2ccc(C(=O)O)cc2F)CN1. The number of hydrogen-bond donors (Lipinski definition) is 4. The molecule has 1 heterocycles. The number of halogens is 1. The molecule has 1 aliphatic rings. The molecule has 1 fully saturated rings. The first-order valence-corrected chi connectivity index (χ1v) is 5.81. The number of aromatic carboxylic acids is 1. The van der Waals surface area contributed by atoms with E-state index >= 15 is 0 Å². The monoisotopic (exact) mass is 281 g/mol. The summed E-state index contributed by atoms with van der Waals surface area (Å²) < 4.78 is 13.6. The Morgan fingerprint density at radius 3 is 2.70 bits per heavy atom. The lowest BCUT2D eigenvalue weighted by atomic mass is 10.1. The lowest BCUT2D eigenvalue weighted by Crippen LogP contribution is -2.56. The number of nitrogens with one attached hydrogen (secondary N) is 3. The van der Waals surface area contributed by atoms with Crippen LogP contribution in [0.15, 0.2) is 18.2 Å². The van der Waals surface area contributed by atoms with Gasteiger partial charge in [-0.3, -0.25) is 14.9 Å². The van der Waals surface area contributed by atoms with E-state index in [1.165, 1.54) is 12.1 Å². The van der Waals surface area contributed by atoms with E-state index in [1.54, 1.807) is 0 Å². The molecule has 1 atom stereocenters. The van der Waals surface area contributed by atoms with Crippen LogP contribution in [-0.4, -0.2) is 42.0 Å². The Balaban J connectivity index is 2.04. The van der Waals surface area contributed by atoms with Crippen molar-refractivity contribution < 1.29 is 23.9 Å². The summed E-state index contributed by atoms with van der Waals surface area (Å²) in [5.41, 5.74) is -0.317. The van der Waals surface area contributed by atoms with Crippen LogP contribution in [0.1, 0.15) is 10.4 Å². The fourth-order valence-electron chi connectivity index (χ4n) is 1.72. The maximum Gasteiger partial charge on any atom is 0.335 e. The van der Waals surface area contributed by atoms with E-state index in [9.17, 15) is 18.8 Å². The average Bonchev–Trinajstić information content (AvgIpc) is 2.41. The van der Waals surface area contributed by atoms with Gasteiger partial charge in [0.1, 0.15) is 11.9 Å². The molecule has 0 radical (unpaired) electrons. The van der Waals surface area contributed by atoms with Crippen LogP contribution < -0.4 is 16.0 Å². The van der Waals surface area contributed by atoms with Crippen molar-refractivity contribution in [2.75, 3.05) is 18.4 Å². The van der Waals surface area contributed by atoms with E-state index in [4.69, 9.17) is 5.11 Å². The van der Waals surface area contributed by atoms with Crippen molar-refractivity contribution in [1.29, 1.82) is 0 Å². The topological polar surface area (TPSA) is 108 Å². The summed E-state index contributed by atoms with van der Waals surface area (Å²) in [7, 11) is 0. The molecule has 1 aliphatic heterocycles. The Morgan fingerprint density at radius 2 is 2.15 bits per heavy atom. The van der Waals surface area contributed by atoms with Gasteiger partial charge >= 0.3 is 5.97 Å². The van der Waals surface area contributed by atoms with Crippen LogP contribution in [0, 0.1) is 5.82 Å². The third kappa shape index (κ3) is 3.09. The van der Waals surface area contributed by atoms with Crippen molar-refractivity contribution in [2.24, 2.45) is 0 Å². The van der Waals surface area contributed by atoms with Crippen molar-refractivity contribution >= 4 is 23.5 Å². The van der Waals surface area contributed by atoms with E-state index in [0.717, 1.165) is 6.07 Å². The first-order chi connectivity index (χ1) is 9.47. The van der Waals surface area contributed by atoms with Gasteiger partial charge in [0, 0.05) is 6.54 Å². The van der Waals surface area contributed by atoms with Crippen LogP contribution in [0.5, 0.6) is 0 Å². The van der Waals surface area contributed by atoms with Crippen LogP contribution in [0.25, 0.3) is 0 Å². The van der Waals surface area contributed by atoms with E-state index in [1.807, 2.05) is 0 Å². The molecule has 0 saturated carbocycles. The first-order valence-electron chi connectivity index (χ1n) is 5.81. The largest absolute Gasteiger partial charge is 0.478 e. The number of carbonyl (C=O) groups excluding carboxylic acids is 2. The molecule has 106 valence electrons. The number of benzene rings is 1. The Morgan fingerprint density at radius 1 is 1.40 bits per heavy atom. The smallest absolute Gasteiger partial charge is 0.335 e. The van der Waals surface area contributed by atoms with Crippen LogP contribution in [-0.2, 0) is 9.59 Å². The minimum atomic E-state index is -1.25. The zero-order valence-corrected chi connectivity index (χ0v) is 10.3. The van der Waals surface area contributed by atoms with Crippen molar-refractivity contribution in [3.8, 4) is 0 Å². The van der Waals surface area contributed by atoms with E-state index in [0.29, 0.717) is 0 Å². The van der Waals surface area contributed by atoms with Gasteiger partial charge in [0.05, 0.1) is 17.8 Å². The summed E-state index contributed by atoms with van der Waals surface area (Å²) in [6, 6.07) is 2.54. The second kappa shape index (κ2) is 5.66. The Labute approximate surface area is 113 Å². The summed E-state index contributed by atoms with van der Waals surface area (Å²) in [6.07, 6.45) is 0. The van der Waals surface area contributed by atoms with Crippen LogP contribution in [0.3, 0.4) is 0 Å². The Hall–Kier alpha value is -2.48. The van der Waals surface area contributed by atoms with Gasteiger partial charge in [-0.2, -0.15) is 0 Å². The summed E-state index contributed by atoms with van der Waals surface area (Å²) in [6.45, 7) is 0.123. The zero-order chi connectivity index (χ0) is 14.7. The third-order valence-corrected chi connectivity index (χ3v) is 2.80. The maximum atomic E-state index is 13.6. The highest BCUT2D eigenvalue weighted by Gasteiger charge is 2.24. The second-order valence-corrected chi connectivity index (χ2v) is 4.23. The van der Waals surface area contributed by atoms with Gasteiger partial charge in [-0.25, -0.2) is 9.18 Å². The highest BCUT2D eigenvalue weighted by molar-refractivity contribution is 5.97. The summed E-state index contributed by atoms with van der Waals surface area (Å²) in [4.78, 5) is 33.4. The number of carboxylic acids is 1. The van der Waals surface area contributed by atoms with Gasteiger partial charge in [0.2, 0.25) is 11.8 Å². The third-order valence-electron chi connectivity index (χ3n) is 2.80. The second-order valence-electron chi connectivity index (χ2n) is 4.23. The number of piperazine rings is 1. The molecule has 1 saturated heterocycles. The summed E-state index contributed by atoms with van der Waals surface area (Å²) in [5, 5.41) is 16.2. The minimum Gasteiger partial charge on any atom is -0.478 e. The molecule has 0 bridgehead atoms. The number of carboxylic acid groups (broad SMARTS) is 1.